The summed E-state index contributed by atoms with van der Waals surface area (Å²) in [4.78, 5) is 0. The van der Waals surface area contributed by atoms with Crippen molar-refractivity contribution in [3.8, 4) is 0 Å². The molecule has 0 aromatic rings. The summed E-state index contributed by atoms with van der Waals surface area (Å²) in [5.41, 5.74) is 0. The van der Waals surface area contributed by atoms with Gasteiger partial charge in [-0.25, -0.2) is 13.1 Å². The molecule has 68 valence electrons. The van der Waals surface area contributed by atoms with Crippen molar-refractivity contribution in [1.82, 2.24) is 4.72 Å². The lowest BCUT2D eigenvalue weighted by molar-refractivity contribution is 0.0923. The molecule has 2 bridgehead atoms. The Morgan fingerprint density at radius 1 is 1.25 bits per heavy atom. The van der Waals surface area contributed by atoms with Gasteiger partial charge in [0.05, 0.1) is 12.2 Å². The van der Waals surface area contributed by atoms with E-state index in [0.717, 1.165) is 12.8 Å². The Balaban J connectivity index is 2.05. The Bertz CT molecular complexity index is 313. The van der Waals surface area contributed by atoms with E-state index in [2.05, 4.69) is 4.72 Å². The number of rotatable bonds is 0. The van der Waals surface area contributed by atoms with Gasteiger partial charge < -0.3 is 4.74 Å². The molecular weight excluding hydrogens is 178 g/mol. The van der Waals surface area contributed by atoms with E-state index < -0.39 is 10.0 Å². The molecule has 0 aromatic carbocycles. The molecule has 1 N–H and O–H groups in total. The van der Waals surface area contributed by atoms with Crippen LogP contribution in [0.25, 0.3) is 0 Å². The summed E-state index contributed by atoms with van der Waals surface area (Å²) >= 11 is 0. The molecule has 4 unspecified atom stereocenters. The van der Waals surface area contributed by atoms with Crippen molar-refractivity contribution < 1.29 is 13.2 Å². The first-order valence-electron chi connectivity index (χ1n) is 4.32. The van der Waals surface area contributed by atoms with Crippen molar-refractivity contribution in [2.45, 2.75) is 30.3 Å². The molecule has 5 heteroatoms. The lowest BCUT2D eigenvalue weighted by Gasteiger charge is -2.17. The van der Waals surface area contributed by atoms with Crippen molar-refractivity contribution in [3.63, 3.8) is 0 Å². The highest BCUT2D eigenvalue weighted by Gasteiger charge is 2.58. The third kappa shape index (κ3) is 0.719. The lowest BCUT2D eigenvalue weighted by atomic mass is 9.89. The molecule has 0 aliphatic carbocycles. The molecule has 0 spiro atoms. The molecule has 0 amide bonds. The number of nitrogens with one attached hydrogen (secondary N) is 1. The Morgan fingerprint density at radius 2 is 2.00 bits per heavy atom. The summed E-state index contributed by atoms with van der Waals surface area (Å²) in [6, 6.07) is 0. The highest BCUT2D eigenvalue weighted by molar-refractivity contribution is 7.90. The highest BCUT2D eigenvalue weighted by Crippen LogP contribution is 2.44. The molecule has 0 radical (unpaired) electrons. The van der Waals surface area contributed by atoms with Gasteiger partial charge in [-0.2, -0.15) is 0 Å². The van der Waals surface area contributed by atoms with Crippen LogP contribution in [-0.2, 0) is 14.8 Å². The fourth-order valence-corrected chi connectivity index (χ4v) is 4.67. The molecule has 3 heterocycles. The number of ether oxygens (including phenoxy) is 1. The summed E-state index contributed by atoms with van der Waals surface area (Å²) < 4.78 is 31.0. The average molecular weight is 189 g/mol. The Labute approximate surface area is 71.3 Å². The van der Waals surface area contributed by atoms with Gasteiger partial charge in [0, 0.05) is 12.5 Å². The molecule has 3 aliphatic rings. The smallest absolute Gasteiger partial charge is 0.217 e. The van der Waals surface area contributed by atoms with Crippen LogP contribution in [0, 0.1) is 5.92 Å². The second kappa shape index (κ2) is 2.02. The van der Waals surface area contributed by atoms with E-state index in [4.69, 9.17) is 4.74 Å². The predicted molar refractivity (Wildman–Crippen MR) is 42.1 cm³/mol. The maximum Gasteiger partial charge on any atom is 0.217 e. The van der Waals surface area contributed by atoms with Crippen LogP contribution >= 0.6 is 0 Å². The molecule has 12 heavy (non-hydrogen) atoms. The third-order valence-electron chi connectivity index (χ3n) is 3.23. The Hall–Kier alpha value is -0.130. The van der Waals surface area contributed by atoms with Gasteiger partial charge in [0.25, 0.3) is 0 Å². The number of hydrogen-bond donors (Lipinski definition) is 1. The van der Waals surface area contributed by atoms with Gasteiger partial charge in [-0.05, 0) is 12.8 Å². The van der Waals surface area contributed by atoms with E-state index in [1.165, 1.54) is 0 Å². The van der Waals surface area contributed by atoms with Gasteiger partial charge in [-0.3, -0.25) is 0 Å². The topological polar surface area (TPSA) is 55.4 Å². The second-order valence-corrected chi connectivity index (χ2v) is 5.74. The molecule has 4 nitrogen and oxygen atoms in total. The van der Waals surface area contributed by atoms with Crippen molar-refractivity contribution in [2.24, 2.45) is 5.92 Å². The van der Waals surface area contributed by atoms with Gasteiger partial charge >= 0.3 is 0 Å². The van der Waals surface area contributed by atoms with Crippen LogP contribution in [0.1, 0.15) is 12.8 Å². The molecule has 3 rings (SSSR count). The maximum atomic E-state index is 11.4. The second-order valence-electron chi connectivity index (χ2n) is 3.81. The van der Waals surface area contributed by atoms with Gasteiger partial charge in [0.2, 0.25) is 10.0 Å². The highest BCUT2D eigenvalue weighted by atomic mass is 32.2. The minimum absolute atomic E-state index is 0.0139. The quantitative estimate of drug-likeness (QED) is 0.557. The van der Waals surface area contributed by atoms with E-state index >= 15 is 0 Å². The predicted octanol–water partition coefficient (Wildman–Crippen LogP) is -0.535. The Morgan fingerprint density at radius 3 is 2.75 bits per heavy atom. The standard InChI is InChI=1S/C7H11NO3S/c9-12(10)7-4(3-8-12)5-1-2-6(7)11-5/h4-8H,1-3H2. The SMILES string of the molecule is O=S1(=O)NCC2C3CCC(O3)C21. The zero-order valence-electron chi connectivity index (χ0n) is 6.56. The minimum atomic E-state index is -3.03. The first-order chi connectivity index (χ1) is 5.68. The largest absolute Gasteiger partial charge is 0.373 e. The first-order valence-corrected chi connectivity index (χ1v) is 5.87. The van der Waals surface area contributed by atoms with Gasteiger partial charge in [0.15, 0.2) is 0 Å². The van der Waals surface area contributed by atoms with Crippen molar-refractivity contribution in [1.29, 1.82) is 0 Å². The van der Waals surface area contributed by atoms with Crippen LogP contribution in [0.3, 0.4) is 0 Å². The third-order valence-corrected chi connectivity index (χ3v) is 5.17. The lowest BCUT2D eigenvalue weighted by Crippen LogP contribution is -2.34. The summed E-state index contributed by atoms with van der Waals surface area (Å²) in [7, 11) is -3.03. The molecule has 4 atom stereocenters. The van der Waals surface area contributed by atoms with Crippen LogP contribution in [0.2, 0.25) is 0 Å². The molecule has 0 saturated carbocycles. The molecule has 0 aromatic heterocycles. The van der Waals surface area contributed by atoms with Crippen molar-refractivity contribution in [2.75, 3.05) is 6.54 Å². The van der Waals surface area contributed by atoms with Crippen LogP contribution in [0.5, 0.6) is 0 Å². The monoisotopic (exact) mass is 189 g/mol. The number of fused-ring (bicyclic) bond motifs is 5. The maximum absolute atomic E-state index is 11.4. The molecular formula is C7H11NO3S. The number of hydrogen-bond acceptors (Lipinski definition) is 3. The zero-order chi connectivity index (χ0) is 8.34. The summed E-state index contributed by atoms with van der Waals surface area (Å²) in [5.74, 6) is 0.230. The van der Waals surface area contributed by atoms with Crippen molar-refractivity contribution in [3.05, 3.63) is 0 Å². The summed E-state index contributed by atoms with van der Waals surface area (Å²) in [6.07, 6.45) is 2.17. The van der Waals surface area contributed by atoms with E-state index in [9.17, 15) is 8.42 Å². The van der Waals surface area contributed by atoms with E-state index in [1.54, 1.807) is 0 Å². The zero-order valence-corrected chi connectivity index (χ0v) is 7.38. The van der Waals surface area contributed by atoms with E-state index in [0.29, 0.717) is 6.54 Å². The minimum Gasteiger partial charge on any atom is -0.373 e. The van der Waals surface area contributed by atoms with Gasteiger partial charge in [-0.15, -0.1) is 0 Å². The fourth-order valence-electron chi connectivity index (χ4n) is 2.72. The average Bonchev–Trinajstić information content (AvgIpc) is 2.61. The number of sulfonamides is 1. The molecule has 3 saturated heterocycles. The normalized spacial score (nSPS) is 54.3. The first kappa shape index (κ1) is 7.29. The van der Waals surface area contributed by atoms with E-state index in [-0.39, 0.29) is 23.4 Å². The van der Waals surface area contributed by atoms with Crippen molar-refractivity contribution >= 4 is 10.0 Å². The van der Waals surface area contributed by atoms with Crippen LogP contribution < -0.4 is 4.72 Å². The summed E-state index contributed by atoms with van der Waals surface area (Å²) in [6.45, 7) is 0.591. The van der Waals surface area contributed by atoms with Crippen LogP contribution in [0.4, 0.5) is 0 Å². The van der Waals surface area contributed by atoms with Crippen LogP contribution in [0.15, 0.2) is 0 Å². The fraction of sp³-hybridized carbons (Fsp3) is 1.00. The van der Waals surface area contributed by atoms with E-state index in [1.807, 2.05) is 0 Å². The summed E-state index contributed by atoms with van der Waals surface area (Å²) in [5, 5.41) is -0.240. The van der Waals surface area contributed by atoms with Crippen LogP contribution in [-0.4, -0.2) is 32.4 Å². The Kier molecular flexibility index (Phi) is 1.23. The molecule has 3 fully saturated rings. The molecule has 3 aliphatic heterocycles. The van der Waals surface area contributed by atoms with Gasteiger partial charge in [-0.1, -0.05) is 0 Å². The van der Waals surface area contributed by atoms with Gasteiger partial charge in [0.1, 0.15) is 5.25 Å².